The van der Waals surface area contributed by atoms with Crippen LogP contribution in [0.5, 0.6) is 5.75 Å². The summed E-state index contributed by atoms with van der Waals surface area (Å²) in [6.07, 6.45) is 3.82. The Balaban J connectivity index is 2.14. The van der Waals surface area contributed by atoms with Gasteiger partial charge in [-0.25, -0.2) is 4.31 Å². The van der Waals surface area contributed by atoms with Gasteiger partial charge in [0.1, 0.15) is 5.75 Å². The molecular formula is C12H16NOPS2. The van der Waals surface area contributed by atoms with Crippen LogP contribution in [0, 0.1) is 0 Å². The molecule has 1 aliphatic rings. The summed E-state index contributed by atoms with van der Waals surface area (Å²) in [5.74, 6) is 0.921. The first-order valence-electron chi connectivity index (χ1n) is 5.75. The molecule has 1 unspecified atom stereocenters. The van der Waals surface area contributed by atoms with Gasteiger partial charge in [0, 0.05) is 12.6 Å². The monoisotopic (exact) mass is 285 g/mol. The maximum Gasteiger partial charge on any atom is 0.118 e. The molecule has 1 atom stereocenters. The van der Waals surface area contributed by atoms with Gasteiger partial charge in [0.25, 0.3) is 0 Å². The van der Waals surface area contributed by atoms with Gasteiger partial charge < -0.3 is 4.74 Å². The molecule has 1 aromatic carbocycles. The van der Waals surface area contributed by atoms with Crippen LogP contribution in [0.25, 0.3) is 0 Å². The maximum atomic E-state index is 5.19. The normalized spacial score (nSPS) is 21.6. The quantitative estimate of drug-likeness (QED) is 0.607. The number of ether oxygens (including phenoxy) is 1. The Bertz CT molecular complexity index is 371. The fraction of sp³-hybridized carbons (Fsp3) is 0.500. The SMILES string of the molecule is COc1ccc(C2CCCCN2SP=S)cc1. The van der Waals surface area contributed by atoms with E-state index in [9.17, 15) is 0 Å². The van der Waals surface area contributed by atoms with Crippen molar-refractivity contribution in [2.75, 3.05) is 13.7 Å². The summed E-state index contributed by atoms with van der Waals surface area (Å²) in [5.41, 5.74) is 1.37. The molecule has 5 heteroatoms. The van der Waals surface area contributed by atoms with Crippen molar-refractivity contribution in [1.82, 2.24) is 4.31 Å². The van der Waals surface area contributed by atoms with E-state index in [0.717, 1.165) is 18.9 Å². The van der Waals surface area contributed by atoms with Crippen molar-refractivity contribution in [3.8, 4) is 5.75 Å². The van der Waals surface area contributed by atoms with Crippen LogP contribution in [0.1, 0.15) is 30.9 Å². The van der Waals surface area contributed by atoms with E-state index in [1.807, 2.05) is 12.1 Å². The molecule has 1 heterocycles. The van der Waals surface area contributed by atoms with Gasteiger partial charge >= 0.3 is 0 Å². The van der Waals surface area contributed by atoms with E-state index in [2.05, 4.69) is 16.4 Å². The number of piperidine rings is 1. The predicted molar refractivity (Wildman–Crippen MR) is 78.2 cm³/mol. The zero-order valence-electron chi connectivity index (χ0n) is 9.83. The minimum absolute atomic E-state index is 0.509. The molecule has 0 aromatic heterocycles. The maximum absolute atomic E-state index is 5.19. The van der Waals surface area contributed by atoms with E-state index >= 15 is 0 Å². The Morgan fingerprint density at radius 1 is 1.35 bits per heavy atom. The molecule has 0 aliphatic carbocycles. The second-order valence-corrected chi connectivity index (χ2v) is 7.14. The van der Waals surface area contributed by atoms with Crippen LogP contribution >= 0.6 is 18.1 Å². The van der Waals surface area contributed by atoms with Crippen LogP contribution < -0.4 is 4.74 Å². The van der Waals surface area contributed by atoms with Gasteiger partial charge in [0.15, 0.2) is 0 Å². The minimum Gasteiger partial charge on any atom is -0.497 e. The van der Waals surface area contributed by atoms with Crippen LogP contribution in [0.4, 0.5) is 0 Å². The first-order chi connectivity index (χ1) is 8.35. The number of nitrogens with zero attached hydrogens (tertiary/aromatic N) is 1. The van der Waals surface area contributed by atoms with E-state index in [-0.39, 0.29) is 0 Å². The molecule has 0 radical (unpaired) electrons. The van der Waals surface area contributed by atoms with Crippen molar-refractivity contribution < 1.29 is 4.74 Å². The molecule has 1 aliphatic heterocycles. The zero-order valence-corrected chi connectivity index (χ0v) is 12.4. The van der Waals surface area contributed by atoms with Crippen molar-refractivity contribution in [1.29, 1.82) is 0 Å². The Hall–Kier alpha value is -0.150. The number of hydrogen-bond donors (Lipinski definition) is 0. The summed E-state index contributed by atoms with van der Waals surface area (Å²) in [5, 5.41) is 0. The molecule has 1 saturated heterocycles. The van der Waals surface area contributed by atoms with Gasteiger partial charge in [-0.1, -0.05) is 18.6 Å². The van der Waals surface area contributed by atoms with E-state index in [0.29, 0.717) is 6.04 Å². The fourth-order valence-electron chi connectivity index (χ4n) is 2.20. The summed E-state index contributed by atoms with van der Waals surface area (Å²) < 4.78 is 7.62. The Morgan fingerprint density at radius 3 is 2.76 bits per heavy atom. The van der Waals surface area contributed by atoms with Crippen molar-refractivity contribution in [3.05, 3.63) is 29.8 Å². The van der Waals surface area contributed by atoms with E-state index in [4.69, 9.17) is 16.5 Å². The molecule has 0 amide bonds. The molecule has 2 rings (SSSR count). The molecule has 0 spiro atoms. The smallest absolute Gasteiger partial charge is 0.118 e. The highest BCUT2D eigenvalue weighted by Gasteiger charge is 2.24. The van der Waals surface area contributed by atoms with Crippen LogP contribution in [-0.2, 0) is 11.8 Å². The number of hydrogen-bond acceptors (Lipinski definition) is 4. The molecule has 0 N–H and O–H groups in total. The van der Waals surface area contributed by atoms with Crippen LogP contribution in [0.2, 0.25) is 0 Å². The highest BCUT2D eigenvalue weighted by molar-refractivity contribution is 8.56. The van der Waals surface area contributed by atoms with Crippen LogP contribution in [0.15, 0.2) is 24.3 Å². The third-order valence-electron chi connectivity index (χ3n) is 3.09. The average molecular weight is 285 g/mol. The molecular weight excluding hydrogens is 269 g/mol. The molecule has 17 heavy (non-hydrogen) atoms. The average Bonchev–Trinajstić information content (AvgIpc) is 2.40. The Labute approximate surface area is 113 Å². The van der Waals surface area contributed by atoms with Crippen molar-refractivity contribution in [2.24, 2.45) is 0 Å². The highest BCUT2D eigenvalue weighted by atomic mass is 32.9. The second kappa shape index (κ2) is 6.69. The van der Waals surface area contributed by atoms with Gasteiger partial charge in [-0.3, -0.25) is 0 Å². The Morgan fingerprint density at radius 2 is 2.12 bits per heavy atom. The summed E-state index contributed by atoms with van der Waals surface area (Å²) in [6, 6.07) is 8.93. The zero-order chi connectivity index (χ0) is 12.1. The van der Waals surface area contributed by atoms with Crippen molar-refractivity contribution >= 4 is 29.9 Å². The summed E-state index contributed by atoms with van der Waals surface area (Å²) >= 11 is 6.80. The lowest BCUT2D eigenvalue weighted by Gasteiger charge is -2.33. The standard InChI is InChI=1S/C12H16NOPS2/c1-14-11-7-5-10(6-8-11)12-4-2-3-9-13(12)17-15-16/h5-8,12H,2-4,9H2,1H3. The second-order valence-electron chi connectivity index (χ2n) is 4.08. The van der Waals surface area contributed by atoms with E-state index < -0.39 is 0 Å². The van der Waals surface area contributed by atoms with Gasteiger partial charge in [0.2, 0.25) is 0 Å². The summed E-state index contributed by atoms with van der Waals surface area (Å²) in [7, 11) is 1.70. The Kier molecular flexibility index (Phi) is 5.23. The van der Waals surface area contributed by atoms with Crippen LogP contribution in [-0.4, -0.2) is 18.0 Å². The van der Waals surface area contributed by atoms with E-state index in [1.54, 1.807) is 18.7 Å². The summed E-state index contributed by atoms with van der Waals surface area (Å²) in [4.78, 5) is 0. The first-order valence-corrected chi connectivity index (χ1v) is 9.04. The molecule has 1 aromatic rings. The lowest BCUT2D eigenvalue weighted by Crippen LogP contribution is -2.26. The van der Waals surface area contributed by atoms with E-state index in [1.165, 1.54) is 24.8 Å². The number of methoxy groups -OCH3 is 1. The highest BCUT2D eigenvalue weighted by Crippen LogP contribution is 2.39. The number of benzene rings is 1. The molecule has 1 fully saturated rings. The van der Waals surface area contributed by atoms with Gasteiger partial charge in [0.05, 0.1) is 13.7 Å². The third kappa shape index (κ3) is 3.41. The third-order valence-corrected chi connectivity index (χ3v) is 5.24. The number of rotatable bonds is 4. The lowest BCUT2D eigenvalue weighted by atomic mass is 9.97. The largest absolute Gasteiger partial charge is 0.497 e. The predicted octanol–water partition coefficient (Wildman–Crippen LogP) is 4.19. The van der Waals surface area contributed by atoms with Gasteiger partial charge in [-0.2, -0.15) is 0 Å². The topological polar surface area (TPSA) is 12.5 Å². The molecule has 0 saturated carbocycles. The minimum atomic E-state index is 0.509. The first kappa shape index (κ1) is 13.3. The molecule has 92 valence electrons. The van der Waals surface area contributed by atoms with Crippen molar-refractivity contribution in [3.63, 3.8) is 0 Å². The van der Waals surface area contributed by atoms with Crippen molar-refractivity contribution in [2.45, 2.75) is 25.3 Å². The fourth-order valence-corrected chi connectivity index (χ4v) is 4.46. The van der Waals surface area contributed by atoms with Crippen LogP contribution in [0.3, 0.4) is 0 Å². The van der Waals surface area contributed by atoms with Gasteiger partial charge in [-0.05, 0) is 53.9 Å². The molecule has 2 nitrogen and oxygen atoms in total. The molecule has 0 bridgehead atoms. The lowest BCUT2D eigenvalue weighted by molar-refractivity contribution is 0.281. The summed E-state index contributed by atoms with van der Waals surface area (Å²) in [6.45, 7) is 2.11. The van der Waals surface area contributed by atoms with Gasteiger partial charge in [-0.15, -0.1) is 0 Å².